The maximum Gasteiger partial charge on any atom is 0.234 e. The topological polar surface area (TPSA) is 69.0 Å². The van der Waals surface area contributed by atoms with Crippen LogP contribution in [0.2, 0.25) is 0 Å². The number of allylic oxidation sites excluding steroid dienone is 1. The van der Waals surface area contributed by atoms with E-state index in [0.29, 0.717) is 24.2 Å². The van der Waals surface area contributed by atoms with Gasteiger partial charge in [-0.15, -0.1) is 16.8 Å². The number of hydrogen-bond acceptors (Lipinski definition) is 5. The highest BCUT2D eigenvalue weighted by molar-refractivity contribution is 9.10. The van der Waals surface area contributed by atoms with E-state index >= 15 is 0 Å². The Hall–Kier alpha value is -2.58. The van der Waals surface area contributed by atoms with Crippen molar-refractivity contribution in [3.8, 4) is 17.1 Å². The molecule has 0 aliphatic heterocycles. The molecule has 162 valence electrons. The minimum absolute atomic E-state index is 0.103. The molecule has 1 heterocycles. The first-order valence-corrected chi connectivity index (χ1v) is 11.7. The van der Waals surface area contributed by atoms with Crippen LogP contribution in [-0.4, -0.2) is 33.0 Å². The molecule has 31 heavy (non-hydrogen) atoms. The van der Waals surface area contributed by atoms with Crippen LogP contribution in [0.4, 0.5) is 5.69 Å². The average Bonchev–Trinajstić information content (AvgIpc) is 3.15. The van der Waals surface area contributed by atoms with Crippen LogP contribution in [-0.2, 0) is 11.3 Å². The zero-order valence-corrected chi connectivity index (χ0v) is 19.9. The lowest BCUT2D eigenvalue weighted by Crippen LogP contribution is -2.14. The first-order chi connectivity index (χ1) is 15.0. The molecule has 0 saturated carbocycles. The van der Waals surface area contributed by atoms with Crippen LogP contribution in [0.1, 0.15) is 13.8 Å². The summed E-state index contributed by atoms with van der Waals surface area (Å²) in [6.07, 6.45) is 1.79. The third-order valence-corrected chi connectivity index (χ3v) is 5.68. The lowest BCUT2D eigenvalue weighted by atomic mass is 10.2. The van der Waals surface area contributed by atoms with Gasteiger partial charge in [-0.2, -0.15) is 0 Å². The molecule has 0 aliphatic carbocycles. The third-order valence-electron chi connectivity index (χ3n) is 4.18. The van der Waals surface area contributed by atoms with Gasteiger partial charge in [0, 0.05) is 22.3 Å². The number of aromatic nitrogens is 3. The molecule has 3 aromatic rings. The van der Waals surface area contributed by atoms with E-state index in [-0.39, 0.29) is 11.7 Å². The van der Waals surface area contributed by atoms with E-state index in [0.717, 1.165) is 27.3 Å². The van der Waals surface area contributed by atoms with Crippen molar-refractivity contribution < 1.29 is 9.53 Å². The molecular formula is C23H25BrN4O2S. The quantitative estimate of drug-likeness (QED) is 0.287. The molecule has 2 aromatic carbocycles. The van der Waals surface area contributed by atoms with Gasteiger partial charge in [-0.3, -0.25) is 9.36 Å². The van der Waals surface area contributed by atoms with Crippen LogP contribution in [0, 0.1) is 5.92 Å². The smallest absolute Gasteiger partial charge is 0.234 e. The lowest BCUT2D eigenvalue weighted by molar-refractivity contribution is -0.113. The summed E-state index contributed by atoms with van der Waals surface area (Å²) in [5.41, 5.74) is 1.68. The summed E-state index contributed by atoms with van der Waals surface area (Å²) in [4.78, 5) is 12.3. The molecule has 0 aliphatic rings. The molecule has 0 radical (unpaired) electrons. The van der Waals surface area contributed by atoms with Gasteiger partial charge in [0.1, 0.15) is 5.75 Å². The minimum atomic E-state index is -0.103. The van der Waals surface area contributed by atoms with Crippen molar-refractivity contribution in [1.82, 2.24) is 14.8 Å². The molecule has 0 unspecified atom stereocenters. The second kappa shape index (κ2) is 11.2. The largest absolute Gasteiger partial charge is 0.493 e. The fourth-order valence-corrected chi connectivity index (χ4v) is 3.74. The second-order valence-corrected chi connectivity index (χ2v) is 9.14. The van der Waals surface area contributed by atoms with E-state index in [1.807, 2.05) is 53.1 Å². The summed E-state index contributed by atoms with van der Waals surface area (Å²) in [5, 5.41) is 12.2. The summed E-state index contributed by atoms with van der Waals surface area (Å²) >= 11 is 4.73. The van der Waals surface area contributed by atoms with Crippen molar-refractivity contribution in [3.63, 3.8) is 0 Å². The van der Waals surface area contributed by atoms with Crippen molar-refractivity contribution in [2.75, 3.05) is 17.7 Å². The highest BCUT2D eigenvalue weighted by atomic mass is 79.9. The number of rotatable bonds is 10. The molecular weight excluding hydrogens is 476 g/mol. The van der Waals surface area contributed by atoms with Gasteiger partial charge in [0.05, 0.1) is 12.4 Å². The standard InChI is InChI=1S/C23H25BrN4O2S/c1-4-13-28-22(17-5-11-20(12-6-17)30-14-16(2)3)26-27-23(28)31-15-21(29)25-19-9-7-18(24)8-10-19/h4-12,16H,1,13-15H2,2-3H3,(H,25,29). The molecule has 3 rings (SSSR count). The highest BCUT2D eigenvalue weighted by Crippen LogP contribution is 2.26. The van der Waals surface area contributed by atoms with Crippen LogP contribution in [0.25, 0.3) is 11.4 Å². The minimum Gasteiger partial charge on any atom is -0.493 e. The number of hydrogen-bond donors (Lipinski definition) is 1. The van der Waals surface area contributed by atoms with E-state index in [1.54, 1.807) is 6.08 Å². The van der Waals surface area contributed by atoms with Crippen LogP contribution in [0.15, 0.2) is 70.8 Å². The third kappa shape index (κ3) is 6.70. The molecule has 6 nitrogen and oxygen atoms in total. The predicted octanol–water partition coefficient (Wildman–Crippen LogP) is 5.66. The molecule has 0 atom stereocenters. The van der Waals surface area contributed by atoms with Crippen molar-refractivity contribution in [3.05, 3.63) is 65.7 Å². The Balaban J connectivity index is 1.67. The van der Waals surface area contributed by atoms with Crippen LogP contribution in [0.3, 0.4) is 0 Å². The first-order valence-electron chi connectivity index (χ1n) is 9.92. The molecule has 0 fully saturated rings. The SMILES string of the molecule is C=CCn1c(SCC(=O)Nc2ccc(Br)cc2)nnc1-c1ccc(OCC(C)C)cc1. The van der Waals surface area contributed by atoms with Gasteiger partial charge in [0.15, 0.2) is 11.0 Å². The molecule has 0 bridgehead atoms. The number of benzene rings is 2. The number of carbonyl (C=O) groups is 1. The number of anilines is 1. The zero-order valence-electron chi connectivity index (χ0n) is 17.5. The summed E-state index contributed by atoms with van der Waals surface area (Å²) in [6.45, 7) is 9.29. The molecule has 0 spiro atoms. The van der Waals surface area contributed by atoms with Gasteiger partial charge in [-0.05, 0) is 54.4 Å². The Kier molecular flexibility index (Phi) is 8.31. The maximum absolute atomic E-state index is 12.3. The monoisotopic (exact) mass is 500 g/mol. The highest BCUT2D eigenvalue weighted by Gasteiger charge is 2.15. The number of ether oxygens (including phenoxy) is 1. The van der Waals surface area contributed by atoms with Crippen molar-refractivity contribution in [2.45, 2.75) is 25.5 Å². The van der Waals surface area contributed by atoms with Gasteiger partial charge in [0.25, 0.3) is 0 Å². The van der Waals surface area contributed by atoms with Crippen LogP contribution < -0.4 is 10.1 Å². The van der Waals surface area contributed by atoms with Gasteiger partial charge in [0.2, 0.25) is 5.91 Å². The molecule has 8 heteroatoms. The van der Waals surface area contributed by atoms with E-state index in [2.05, 4.69) is 51.9 Å². The fraction of sp³-hybridized carbons (Fsp3) is 0.261. The summed E-state index contributed by atoms with van der Waals surface area (Å²) < 4.78 is 8.67. The first kappa shape index (κ1) is 23.1. The summed E-state index contributed by atoms with van der Waals surface area (Å²) in [7, 11) is 0. The number of thioether (sulfide) groups is 1. The van der Waals surface area contributed by atoms with Crippen LogP contribution in [0.5, 0.6) is 5.75 Å². The Bertz CT molecular complexity index is 1020. The Morgan fingerprint density at radius 3 is 2.55 bits per heavy atom. The Labute approximate surface area is 195 Å². The van der Waals surface area contributed by atoms with Gasteiger partial charge in [-0.25, -0.2) is 0 Å². The fourth-order valence-electron chi connectivity index (χ4n) is 2.73. The lowest BCUT2D eigenvalue weighted by Gasteiger charge is -2.10. The van der Waals surface area contributed by atoms with Crippen LogP contribution >= 0.6 is 27.7 Å². The van der Waals surface area contributed by atoms with E-state index in [1.165, 1.54) is 11.8 Å². The summed E-state index contributed by atoms with van der Waals surface area (Å²) in [6, 6.07) is 15.3. The zero-order chi connectivity index (χ0) is 22.2. The van der Waals surface area contributed by atoms with E-state index in [4.69, 9.17) is 4.74 Å². The summed E-state index contributed by atoms with van der Waals surface area (Å²) in [5.74, 6) is 2.15. The predicted molar refractivity (Wildman–Crippen MR) is 129 cm³/mol. The van der Waals surface area contributed by atoms with Crippen molar-refractivity contribution >= 4 is 39.3 Å². The number of amides is 1. The Morgan fingerprint density at radius 2 is 1.90 bits per heavy atom. The molecule has 1 amide bonds. The number of halogens is 1. The molecule has 0 saturated heterocycles. The van der Waals surface area contributed by atoms with Gasteiger partial charge in [-0.1, -0.05) is 47.6 Å². The average molecular weight is 501 g/mol. The number of nitrogens with zero attached hydrogens (tertiary/aromatic N) is 3. The molecule has 1 N–H and O–H groups in total. The van der Waals surface area contributed by atoms with Crippen molar-refractivity contribution in [2.24, 2.45) is 5.92 Å². The van der Waals surface area contributed by atoms with Gasteiger partial charge < -0.3 is 10.1 Å². The van der Waals surface area contributed by atoms with E-state index < -0.39 is 0 Å². The van der Waals surface area contributed by atoms with Crippen molar-refractivity contribution in [1.29, 1.82) is 0 Å². The maximum atomic E-state index is 12.3. The number of nitrogens with one attached hydrogen (secondary N) is 1. The van der Waals surface area contributed by atoms with E-state index in [9.17, 15) is 4.79 Å². The second-order valence-electron chi connectivity index (χ2n) is 7.28. The number of carbonyl (C=O) groups excluding carboxylic acids is 1. The molecule has 1 aromatic heterocycles. The van der Waals surface area contributed by atoms with Gasteiger partial charge >= 0.3 is 0 Å². The Morgan fingerprint density at radius 1 is 1.19 bits per heavy atom. The normalized spacial score (nSPS) is 10.8.